The van der Waals surface area contributed by atoms with E-state index in [1.807, 2.05) is 45.9 Å². The van der Waals surface area contributed by atoms with Gasteiger partial charge in [0.2, 0.25) is 0 Å². The van der Waals surface area contributed by atoms with Gasteiger partial charge in [-0.1, -0.05) is 19.9 Å². The molecule has 0 aliphatic rings. The normalized spacial score (nSPS) is 10.7. The molecule has 2 aromatic rings. The van der Waals surface area contributed by atoms with Crippen LogP contribution < -0.4 is 25.5 Å². The lowest BCUT2D eigenvalue weighted by atomic mass is 10.1. The summed E-state index contributed by atoms with van der Waals surface area (Å²) >= 11 is 0. The van der Waals surface area contributed by atoms with Crippen LogP contribution in [-0.2, 0) is 14.4 Å². The molecule has 3 amide bonds. The topological polar surface area (TPSA) is 118 Å². The Morgan fingerprint density at radius 3 is 2.33 bits per heavy atom. The van der Waals surface area contributed by atoms with Crippen LogP contribution in [0.15, 0.2) is 41.5 Å². The molecule has 176 valence electrons. The quantitative estimate of drug-likeness (QED) is 0.306. The minimum atomic E-state index is -0.853. The molecule has 0 fully saturated rings. The van der Waals surface area contributed by atoms with Crippen LogP contribution in [-0.4, -0.2) is 44.2 Å². The van der Waals surface area contributed by atoms with Gasteiger partial charge in [-0.3, -0.25) is 14.4 Å². The molecule has 0 aromatic heterocycles. The number of methoxy groups -OCH3 is 1. The zero-order valence-electron chi connectivity index (χ0n) is 19.5. The predicted molar refractivity (Wildman–Crippen MR) is 127 cm³/mol. The van der Waals surface area contributed by atoms with Crippen molar-refractivity contribution >= 4 is 29.6 Å². The van der Waals surface area contributed by atoms with Gasteiger partial charge in [0, 0.05) is 12.2 Å². The van der Waals surface area contributed by atoms with E-state index in [2.05, 4.69) is 21.2 Å². The van der Waals surface area contributed by atoms with E-state index >= 15 is 0 Å². The molecule has 0 unspecified atom stereocenters. The highest BCUT2D eigenvalue weighted by Gasteiger charge is 2.12. The average Bonchev–Trinajstić information content (AvgIpc) is 2.75. The van der Waals surface area contributed by atoms with Crippen molar-refractivity contribution in [2.24, 2.45) is 11.0 Å². The van der Waals surface area contributed by atoms with Crippen molar-refractivity contribution in [3.63, 3.8) is 0 Å². The fraction of sp³-hybridized carbons (Fsp3) is 0.333. The summed E-state index contributed by atoms with van der Waals surface area (Å²) in [5.41, 5.74) is 5.58. The van der Waals surface area contributed by atoms with E-state index in [4.69, 9.17) is 9.47 Å². The van der Waals surface area contributed by atoms with Crippen molar-refractivity contribution in [1.29, 1.82) is 0 Å². The summed E-state index contributed by atoms with van der Waals surface area (Å²) < 4.78 is 10.9. The maximum absolute atomic E-state index is 12.2. The van der Waals surface area contributed by atoms with Crippen LogP contribution in [0.4, 0.5) is 5.69 Å². The summed E-state index contributed by atoms with van der Waals surface area (Å²) in [6.45, 7) is 7.97. The molecule has 33 heavy (non-hydrogen) atoms. The van der Waals surface area contributed by atoms with Gasteiger partial charge >= 0.3 is 11.8 Å². The molecule has 0 aliphatic carbocycles. The minimum Gasteiger partial charge on any atom is -0.493 e. The van der Waals surface area contributed by atoms with Crippen LogP contribution in [0.25, 0.3) is 0 Å². The number of carbonyl (C=O) groups excluding carboxylic acids is 3. The first-order valence-corrected chi connectivity index (χ1v) is 10.5. The lowest BCUT2D eigenvalue weighted by molar-refractivity contribution is -0.139. The summed E-state index contributed by atoms with van der Waals surface area (Å²) in [6, 6.07) is 10.7. The Hall–Kier alpha value is -3.88. The third kappa shape index (κ3) is 8.64. The number of aryl methyl sites for hydroxylation is 2. The largest absolute Gasteiger partial charge is 0.493 e. The van der Waals surface area contributed by atoms with E-state index in [9.17, 15) is 14.4 Å². The Labute approximate surface area is 193 Å². The maximum Gasteiger partial charge on any atom is 0.329 e. The Morgan fingerprint density at radius 2 is 1.70 bits per heavy atom. The van der Waals surface area contributed by atoms with E-state index in [-0.39, 0.29) is 18.4 Å². The Balaban J connectivity index is 1.91. The summed E-state index contributed by atoms with van der Waals surface area (Å²) in [4.78, 5) is 35.6. The molecule has 0 radical (unpaired) electrons. The molecule has 0 atom stereocenters. The molecule has 0 bridgehead atoms. The number of benzene rings is 2. The molecule has 2 aromatic carbocycles. The third-order valence-electron chi connectivity index (χ3n) is 4.31. The SMILES string of the molecule is COc1cc(/C=N\NC(=O)C(=O)NCC(C)C)ccc1OCC(=O)Nc1cc(C)cc(C)c1. The van der Waals surface area contributed by atoms with Crippen LogP contribution in [0.2, 0.25) is 0 Å². The predicted octanol–water partition coefficient (Wildman–Crippen LogP) is 2.55. The second kappa shape index (κ2) is 12.2. The number of nitrogens with zero attached hydrogens (tertiary/aromatic N) is 1. The van der Waals surface area contributed by atoms with Crippen molar-refractivity contribution in [3.05, 3.63) is 53.1 Å². The number of hydrazone groups is 1. The molecular formula is C24H30N4O5. The molecule has 9 heteroatoms. The van der Waals surface area contributed by atoms with Crippen LogP contribution in [0.3, 0.4) is 0 Å². The van der Waals surface area contributed by atoms with Gasteiger partial charge in [0.05, 0.1) is 13.3 Å². The molecule has 9 nitrogen and oxygen atoms in total. The summed E-state index contributed by atoms with van der Waals surface area (Å²) in [6.07, 6.45) is 1.37. The number of ether oxygens (including phenoxy) is 2. The zero-order chi connectivity index (χ0) is 24.4. The van der Waals surface area contributed by atoms with Gasteiger partial charge in [-0.2, -0.15) is 5.10 Å². The summed E-state index contributed by atoms with van der Waals surface area (Å²) in [5.74, 6) is -0.904. The van der Waals surface area contributed by atoms with Crippen molar-refractivity contribution in [2.75, 3.05) is 25.6 Å². The highest BCUT2D eigenvalue weighted by Crippen LogP contribution is 2.27. The van der Waals surface area contributed by atoms with E-state index < -0.39 is 11.8 Å². The highest BCUT2D eigenvalue weighted by atomic mass is 16.5. The summed E-state index contributed by atoms with van der Waals surface area (Å²) in [5, 5.41) is 9.10. The third-order valence-corrected chi connectivity index (χ3v) is 4.31. The number of carbonyl (C=O) groups is 3. The molecule has 0 aliphatic heterocycles. The highest BCUT2D eigenvalue weighted by molar-refractivity contribution is 6.35. The molecule has 3 N–H and O–H groups in total. The van der Waals surface area contributed by atoms with Gasteiger partial charge in [0.15, 0.2) is 18.1 Å². The lowest BCUT2D eigenvalue weighted by Crippen LogP contribution is -2.39. The van der Waals surface area contributed by atoms with Crippen molar-refractivity contribution in [1.82, 2.24) is 10.7 Å². The molecule has 0 heterocycles. The Bertz CT molecular complexity index is 1010. The van der Waals surface area contributed by atoms with Crippen molar-refractivity contribution in [3.8, 4) is 11.5 Å². The van der Waals surface area contributed by atoms with Gasteiger partial charge in [-0.15, -0.1) is 0 Å². The Morgan fingerprint density at radius 1 is 1.00 bits per heavy atom. The zero-order valence-corrected chi connectivity index (χ0v) is 19.5. The van der Waals surface area contributed by atoms with E-state index in [1.54, 1.807) is 18.2 Å². The van der Waals surface area contributed by atoms with Crippen molar-refractivity contribution in [2.45, 2.75) is 27.7 Å². The molecule has 0 saturated carbocycles. The maximum atomic E-state index is 12.2. The van der Waals surface area contributed by atoms with Gasteiger partial charge in [-0.25, -0.2) is 5.43 Å². The van der Waals surface area contributed by atoms with Crippen LogP contribution >= 0.6 is 0 Å². The van der Waals surface area contributed by atoms with Crippen LogP contribution in [0.5, 0.6) is 11.5 Å². The number of anilines is 1. The lowest BCUT2D eigenvalue weighted by Gasteiger charge is -2.12. The molecular weight excluding hydrogens is 424 g/mol. The number of amides is 3. The smallest absolute Gasteiger partial charge is 0.329 e. The minimum absolute atomic E-state index is 0.196. The fourth-order valence-corrected chi connectivity index (χ4v) is 2.86. The van der Waals surface area contributed by atoms with Gasteiger partial charge < -0.3 is 20.1 Å². The monoisotopic (exact) mass is 454 g/mol. The number of rotatable bonds is 9. The first kappa shape index (κ1) is 25.4. The van der Waals surface area contributed by atoms with Crippen LogP contribution in [0.1, 0.15) is 30.5 Å². The first-order chi connectivity index (χ1) is 15.7. The van der Waals surface area contributed by atoms with Gasteiger partial charge in [0.25, 0.3) is 5.91 Å². The Kier molecular flexibility index (Phi) is 9.41. The molecule has 2 rings (SSSR count). The average molecular weight is 455 g/mol. The number of nitrogens with one attached hydrogen (secondary N) is 3. The fourth-order valence-electron chi connectivity index (χ4n) is 2.86. The van der Waals surface area contributed by atoms with Crippen molar-refractivity contribution < 1.29 is 23.9 Å². The summed E-state index contributed by atoms with van der Waals surface area (Å²) in [7, 11) is 1.47. The second-order valence-electron chi connectivity index (χ2n) is 7.93. The number of hydrogen-bond acceptors (Lipinski definition) is 6. The molecule has 0 spiro atoms. The van der Waals surface area contributed by atoms with Gasteiger partial charge in [-0.05, 0) is 66.8 Å². The van der Waals surface area contributed by atoms with Crippen LogP contribution in [0, 0.1) is 19.8 Å². The standard InChI is InChI=1S/C24H30N4O5/c1-15(2)12-25-23(30)24(31)28-26-13-18-6-7-20(21(11-18)32-5)33-14-22(29)27-19-9-16(3)8-17(4)10-19/h6-11,13,15H,12,14H2,1-5H3,(H,25,30)(H,27,29)(H,28,31)/b26-13-. The van der Waals surface area contributed by atoms with E-state index in [0.29, 0.717) is 29.3 Å². The second-order valence-corrected chi connectivity index (χ2v) is 7.93. The first-order valence-electron chi connectivity index (χ1n) is 10.5. The van der Waals surface area contributed by atoms with Gasteiger partial charge in [0.1, 0.15) is 0 Å². The van der Waals surface area contributed by atoms with E-state index in [0.717, 1.165) is 11.1 Å². The molecule has 0 saturated heterocycles. The number of hydrogen-bond donors (Lipinski definition) is 3. The van der Waals surface area contributed by atoms with E-state index in [1.165, 1.54) is 13.3 Å².